The maximum atomic E-state index is 12.1. The zero-order valence-electron chi connectivity index (χ0n) is 13.6. The van der Waals surface area contributed by atoms with Crippen LogP contribution in [-0.2, 0) is 35.3 Å². The molecule has 0 saturated heterocycles. The molecule has 0 bridgehead atoms. The van der Waals surface area contributed by atoms with Crippen molar-refractivity contribution in [1.82, 2.24) is 9.13 Å². The summed E-state index contributed by atoms with van der Waals surface area (Å²) < 4.78 is 30.5. The molecule has 0 amide bonds. The van der Waals surface area contributed by atoms with Gasteiger partial charge >= 0.3 is 11.7 Å². The first-order valence-electron chi connectivity index (χ1n) is 6.95. The van der Waals surface area contributed by atoms with Crippen molar-refractivity contribution < 1.29 is 17.9 Å². The van der Waals surface area contributed by atoms with Gasteiger partial charge in [0, 0.05) is 26.4 Å². The van der Waals surface area contributed by atoms with Gasteiger partial charge in [-0.3, -0.25) is 13.9 Å². The second-order valence-electron chi connectivity index (χ2n) is 5.37. The molecule has 8 nitrogen and oxygen atoms in total. The summed E-state index contributed by atoms with van der Waals surface area (Å²) in [4.78, 5) is 35.4. The Morgan fingerprint density at radius 3 is 2.40 bits per heavy atom. The number of hydrogen-bond donors (Lipinski definition) is 0. The molecule has 0 N–H and O–H groups in total. The van der Waals surface area contributed by atoms with Crippen molar-refractivity contribution in [3.8, 4) is 0 Å². The van der Waals surface area contributed by atoms with E-state index in [0.29, 0.717) is 0 Å². The summed E-state index contributed by atoms with van der Waals surface area (Å²) in [6.07, 6.45) is 0.971. The van der Waals surface area contributed by atoms with Crippen LogP contribution in [0, 0.1) is 0 Å². The van der Waals surface area contributed by atoms with Crippen molar-refractivity contribution in [3.05, 3.63) is 61.4 Å². The topological polar surface area (TPSA) is 104 Å². The Bertz CT molecular complexity index is 1070. The third-order valence-electron chi connectivity index (χ3n) is 3.54. The Hall–Kier alpha value is -2.39. The van der Waals surface area contributed by atoms with Gasteiger partial charge in [0.05, 0.1) is 21.2 Å². The molecule has 2 aromatic rings. The first-order chi connectivity index (χ1) is 11.5. The second-order valence-corrected chi connectivity index (χ2v) is 7.76. The van der Waals surface area contributed by atoms with E-state index < -0.39 is 27.1 Å². The third-order valence-corrected chi connectivity index (χ3v) is 5.12. The van der Waals surface area contributed by atoms with E-state index in [2.05, 4.69) is 0 Å². The first kappa shape index (κ1) is 18.9. The molecule has 1 aromatic carbocycles. The lowest BCUT2D eigenvalue weighted by Gasteiger charge is -2.10. The van der Waals surface area contributed by atoms with Crippen molar-refractivity contribution in [2.75, 3.05) is 6.26 Å². The zero-order valence-corrected chi connectivity index (χ0v) is 15.2. The number of halogens is 1. The Balaban J connectivity index is 2.28. The van der Waals surface area contributed by atoms with Crippen molar-refractivity contribution in [2.24, 2.45) is 14.1 Å². The number of esters is 1. The number of hydrogen-bond acceptors (Lipinski definition) is 6. The largest absolute Gasteiger partial charge is 0.456 e. The molecule has 2 rings (SSSR count). The van der Waals surface area contributed by atoms with Crippen LogP contribution < -0.4 is 11.2 Å². The normalized spacial score (nSPS) is 11.4. The van der Waals surface area contributed by atoms with Crippen molar-refractivity contribution in [1.29, 1.82) is 0 Å². The maximum Gasteiger partial charge on any atom is 0.338 e. The van der Waals surface area contributed by atoms with Gasteiger partial charge < -0.3 is 4.74 Å². The van der Waals surface area contributed by atoms with E-state index in [1.54, 1.807) is 0 Å². The molecular formula is C15H15ClN2O6S. The highest BCUT2D eigenvalue weighted by Gasteiger charge is 2.17. The van der Waals surface area contributed by atoms with Gasteiger partial charge in [0.2, 0.25) is 0 Å². The molecule has 1 heterocycles. The SMILES string of the molecule is Cn1c(COC(=O)c2ccc(Cl)c(S(C)(=O)=O)c2)cc(=O)n(C)c1=O. The molecule has 0 aliphatic heterocycles. The predicted octanol–water partition coefficient (Wildman–Crippen LogP) is 0.498. The van der Waals surface area contributed by atoms with E-state index in [0.717, 1.165) is 16.9 Å². The fourth-order valence-corrected chi connectivity index (χ4v) is 3.36. The number of ether oxygens (including phenoxy) is 1. The molecule has 0 unspecified atom stereocenters. The number of aromatic nitrogens is 2. The minimum Gasteiger partial charge on any atom is -0.456 e. The molecule has 1 aromatic heterocycles. The fourth-order valence-electron chi connectivity index (χ4n) is 2.05. The van der Waals surface area contributed by atoms with Gasteiger partial charge in [-0.25, -0.2) is 18.0 Å². The monoisotopic (exact) mass is 386 g/mol. The Labute approximate surface area is 148 Å². The summed E-state index contributed by atoms with van der Waals surface area (Å²) in [6.45, 7) is -0.322. The summed E-state index contributed by atoms with van der Waals surface area (Å²) in [6, 6.07) is 4.90. The molecular weight excluding hydrogens is 372 g/mol. The Morgan fingerprint density at radius 1 is 1.16 bits per heavy atom. The Morgan fingerprint density at radius 2 is 1.80 bits per heavy atom. The van der Waals surface area contributed by atoms with Gasteiger partial charge in [-0.05, 0) is 18.2 Å². The van der Waals surface area contributed by atoms with Gasteiger partial charge in [0.25, 0.3) is 5.56 Å². The van der Waals surface area contributed by atoms with E-state index in [-0.39, 0.29) is 27.8 Å². The first-order valence-corrected chi connectivity index (χ1v) is 9.22. The molecule has 0 fully saturated rings. The van der Waals surface area contributed by atoms with Crippen LogP contribution in [0.25, 0.3) is 0 Å². The van der Waals surface area contributed by atoms with E-state index in [4.69, 9.17) is 16.3 Å². The molecule has 134 valence electrons. The smallest absolute Gasteiger partial charge is 0.338 e. The average Bonchev–Trinajstić information content (AvgIpc) is 2.54. The number of sulfone groups is 1. The second kappa shape index (κ2) is 6.85. The highest BCUT2D eigenvalue weighted by atomic mass is 35.5. The van der Waals surface area contributed by atoms with Gasteiger partial charge in [-0.15, -0.1) is 0 Å². The van der Waals surface area contributed by atoms with Gasteiger partial charge in [-0.2, -0.15) is 0 Å². The third kappa shape index (κ3) is 3.99. The number of carbonyl (C=O) groups is 1. The van der Waals surface area contributed by atoms with Crippen LogP contribution in [0.15, 0.2) is 38.8 Å². The predicted molar refractivity (Wildman–Crippen MR) is 90.6 cm³/mol. The van der Waals surface area contributed by atoms with Crippen LogP contribution in [0.3, 0.4) is 0 Å². The van der Waals surface area contributed by atoms with Gasteiger partial charge in [-0.1, -0.05) is 11.6 Å². The number of carbonyl (C=O) groups excluding carboxylic acids is 1. The van der Waals surface area contributed by atoms with Crippen LogP contribution in [-0.4, -0.2) is 29.8 Å². The quantitative estimate of drug-likeness (QED) is 0.708. The summed E-state index contributed by atoms with van der Waals surface area (Å²) in [7, 11) is -0.835. The maximum absolute atomic E-state index is 12.1. The van der Waals surface area contributed by atoms with Gasteiger partial charge in [0.1, 0.15) is 6.61 Å². The summed E-state index contributed by atoms with van der Waals surface area (Å²) in [5.74, 6) is -0.810. The van der Waals surface area contributed by atoms with Crippen LogP contribution in [0.1, 0.15) is 16.1 Å². The molecule has 10 heteroatoms. The summed E-state index contributed by atoms with van der Waals surface area (Å²) in [5, 5.41) is -0.00648. The zero-order chi connectivity index (χ0) is 18.9. The number of benzene rings is 1. The average molecular weight is 387 g/mol. The van der Waals surface area contributed by atoms with Crippen LogP contribution >= 0.6 is 11.6 Å². The molecule has 0 atom stereocenters. The highest BCUT2D eigenvalue weighted by molar-refractivity contribution is 7.90. The standard InChI is InChI=1S/C15H15ClN2O6S/c1-17-10(7-13(19)18(2)15(17)21)8-24-14(20)9-4-5-11(16)12(6-9)25(3,22)23/h4-7H,8H2,1-3H3. The van der Waals surface area contributed by atoms with E-state index >= 15 is 0 Å². The van der Waals surface area contributed by atoms with E-state index in [9.17, 15) is 22.8 Å². The van der Waals surface area contributed by atoms with Gasteiger partial charge in [0.15, 0.2) is 9.84 Å². The fraction of sp³-hybridized carbons (Fsp3) is 0.267. The molecule has 0 saturated carbocycles. The van der Waals surface area contributed by atoms with Crippen LogP contribution in [0.5, 0.6) is 0 Å². The number of nitrogens with zero attached hydrogens (tertiary/aromatic N) is 2. The Kier molecular flexibility index (Phi) is 5.19. The van der Waals surface area contributed by atoms with Crippen LogP contribution in [0.2, 0.25) is 5.02 Å². The molecule has 0 spiro atoms. The van der Waals surface area contributed by atoms with Crippen molar-refractivity contribution in [3.63, 3.8) is 0 Å². The minimum atomic E-state index is -3.61. The van der Waals surface area contributed by atoms with E-state index in [1.165, 1.54) is 36.9 Å². The molecule has 0 aliphatic rings. The minimum absolute atomic E-state index is 0.00648. The van der Waals surface area contributed by atoms with Crippen LogP contribution in [0.4, 0.5) is 0 Å². The van der Waals surface area contributed by atoms with Crippen molar-refractivity contribution >= 4 is 27.4 Å². The lowest BCUT2D eigenvalue weighted by Crippen LogP contribution is -2.38. The van der Waals surface area contributed by atoms with E-state index in [1.807, 2.05) is 0 Å². The molecule has 0 aliphatic carbocycles. The number of rotatable bonds is 4. The molecule has 0 radical (unpaired) electrons. The van der Waals surface area contributed by atoms with Crippen molar-refractivity contribution in [2.45, 2.75) is 11.5 Å². The summed E-state index contributed by atoms with van der Waals surface area (Å²) in [5.41, 5.74) is -0.887. The lowest BCUT2D eigenvalue weighted by atomic mass is 10.2. The highest BCUT2D eigenvalue weighted by Crippen LogP contribution is 2.23. The lowest BCUT2D eigenvalue weighted by molar-refractivity contribution is 0.0462. The summed E-state index contributed by atoms with van der Waals surface area (Å²) >= 11 is 5.82. The molecule has 25 heavy (non-hydrogen) atoms.